The van der Waals surface area contributed by atoms with Gasteiger partial charge in [-0.05, 0) is 26.0 Å². The Kier molecular flexibility index (Phi) is 4.99. The molecule has 1 aromatic heterocycles. The van der Waals surface area contributed by atoms with Gasteiger partial charge in [-0.2, -0.15) is 0 Å². The number of hydrogen-bond acceptors (Lipinski definition) is 5. The van der Waals surface area contributed by atoms with Crippen LogP contribution in [0.5, 0.6) is 5.75 Å². The number of aliphatic hydroxyl groups is 1. The molecule has 0 aromatic carbocycles. The van der Waals surface area contributed by atoms with E-state index in [2.05, 4.69) is 14.8 Å². The number of β-amino-alcohol motifs (C(OH)–C–C–N with tert-alkyl or cyclic N) is 1. The van der Waals surface area contributed by atoms with E-state index in [0.29, 0.717) is 0 Å². The molecule has 0 atom stereocenters. The molecule has 2 heterocycles. The third kappa shape index (κ3) is 3.81. The monoisotopic (exact) mass is 265 g/mol. The van der Waals surface area contributed by atoms with Gasteiger partial charge in [0.15, 0.2) is 11.6 Å². The minimum atomic E-state index is 0.152. The van der Waals surface area contributed by atoms with Gasteiger partial charge in [0.2, 0.25) is 0 Å². The fourth-order valence-electron chi connectivity index (χ4n) is 2.29. The zero-order valence-electron chi connectivity index (χ0n) is 11.7. The minimum Gasteiger partial charge on any atom is -0.487 e. The van der Waals surface area contributed by atoms with E-state index >= 15 is 0 Å². The van der Waals surface area contributed by atoms with E-state index in [1.165, 1.54) is 0 Å². The summed E-state index contributed by atoms with van der Waals surface area (Å²) in [5.41, 5.74) is 0. The highest BCUT2D eigenvalue weighted by molar-refractivity contribution is 5.52. The number of ether oxygens (including phenoxy) is 1. The molecular formula is C14H23N3O2. The topological polar surface area (TPSA) is 48.8 Å². The van der Waals surface area contributed by atoms with Gasteiger partial charge in [-0.25, -0.2) is 4.98 Å². The zero-order chi connectivity index (χ0) is 13.7. The van der Waals surface area contributed by atoms with Crippen LogP contribution >= 0.6 is 0 Å². The van der Waals surface area contributed by atoms with Crippen LogP contribution in [0.25, 0.3) is 0 Å². The average molecular weight is 265 g/mol. The molecule has 2 rings (SSSR count). The summed E-state index contributed by atoms with van der Waals surface area (Å²) in [5.74, 6) is 1.79. The van der Waals surface area contributed by atoms with Crippen molar-refractivity contribution < 1.29 is 9.84 Å². The maximum atomic E-state index is 8.96. The van der Waals surface area contributed by atoms with Crippen molar-refractivity contribution in [3.8, 4) is 5.75 Å². The highest BCUT2D eigenvalue weighted by Gasteiger charge is 2.20. The lowest BCUT2D eigenvalue weighted by Crippen LogP contribution is -2.47. The van der Waals surface area contributed by atoms with Gasteiger partial charge in [0, 0.05) is 38.9 Å². The quantitative estimate of drug-likeness (QED) is 0.860. The molecule has 1 aromatic rings. The third-order valence-corrected chi connectivity index (χ3v) is 3.20. The van der Waals surface area contributed by atoms with Gasteiger partial charge < -0.3 is 14.7 Å². The van der Waals surface area contributed by atoms with E-state index in [0.717, 1.165) is 44.3 Å². The Bertz CT molecular complexity index is 390. The van der Waals surface area contributed by atoms with Crippen LogP contribution in [0, 0.1) is 0 Å². The number of aliphatic hydroxyl groups excluding tert-OH is 1. The van der Waals surface area contributed by atoms with Crippen LogP contribution in [0.4, 0.5) is 5.82 Å². The Balaban J connectivity index is 2.02. The second kappa shape index (κ2) is 6.73. The molecule has 0 amide bonds. The molecule has 0 spiro atoms. The van der Waals surface area contributed by atoms with E-state index in [4.69, 9.17) is 9.84 Å². The van der Waals surface area contributed by atoms with E-state index in [1.54, 1.807) is 0 Å². The molecule has 0 bridgehead atoms. The number of rotatable bonds is 5. The number of pyridine rings is 1. The Morgan fingerprint density at radius 3 is 2.68 bits per heavy atom. The Hall–Kier alpha value is -1.33. The predicted molar refractivity (Wildman–Crippen MR) is 75.7 cm³/mol. The van der Waals surface area contributed by atoms with E-state index < -0.39 is 0 Å². The Morgan fingerprint density at radius 1 is 1.32 bits per heavy atom. The summed E-state index contributed by atoms with van der Waals surface area (Å²) in [7, 11) is 0. The van der Waals surface area contributed by atoms with Gasteiger partial charge in [-0.1, -0.05) is 0 Å². The average Bonchev–Trinajstić information content (AvgIpc) is 2.40. The van der Waals surface area contributed by atoms with Crippen LogP contribution < -0.4 is 9.64 Å². The number of aromatic nitrogens is 1. The van der Waals surface area contributed by atoms with Crippen molar-refractivity contribution in [1.82, 2.24) is 9.88 Å². The first kappa shape index (κ1) is 14.1. The lowest BCUT2D eigenvalue weighted by Gasteiger charge is -2.35. The molecule has 5 heteroatoms. The second-order valence-electron chi connectivity index (χ2n) is 5.04. The lowest BCUT2D eigenvalue weighted by molar-refractivity contribution is 0.187. The summed E-state index contributed by atoms with van der Waals surface area (Å²) in [5, 5.41) is 8.96. The molecule has 19 heavy (non-hydrogen) atoms. The molecule has 0 radical (unpaired) electrons. The maximum absolute atomic E-state index is 8.96. The smallest absolute Gasteiger partial charge is 0.171 e. The van der Waals surface area contributed by atoms with Gasteiger partial charge in [-0.3, -0.25) is 4.90 Å². The number of nitrogens with zero attached hydrogens (tertiary/aromatic N) is 3. The first-order valence-electron chi connectivity index (χ1n) is 6.90. The van der Waals surface area contributed by atoms with E-state index in [-0.39, 0.29) is 12.7 Å². The van der Waals surface area contributed by atoms with Gasteiger partial charge in [0.05, 0.1) is 12.7 Å². The van der Waals surface area contributed by atoms with Crippen molar-refractivity contribution in [2.75, 3.05) is 44.2 Å². The summed E-state index contributed by atoms with van der Waals surface area (Å²) in [6.07, 6.45) is 1.96. The number of hydrogen-bond donors (Lipinski definition) is 1. The minimum absolute atomic E-state index is 0.152. The van der Waals surface area contributed by atoms with Crippen molar-refractivity contribution in [2.24, 2.45) is 0 Å². The fourth-order valence-corrected chi connectivity index (χ4v) is 2.29. The predicted octanol–water partition coefficient (Wildman–Crippen LogP) is 0.983. The van der Waals surface area contributed by atoms with Crippen molar-refractivity contribution >= 4 is 5.82 Å². The molecule has 0 saturated carbocycles. The summed E-state index contributed by atoms with van der Waals surface area (Å²) in [4.78, 5) is 8.98. The summed E-state index contributed by atoms with van der Waals surface area (Å²) < 4.78 is 5.82. The zero-order valence-corrected chi connectivity index (χ0v) is 11.7. The third-order valence-electron chi connectivity index (χ3n) is 3.20. The van der Waals surface area contributed by atoms with Crippen LogP contribution in [0.1, 0.15) is 13.8 Å². The molecule has 1 fully saturated rings. The second-order valence-corrected chi connectivity index (χ2v) is 5.04. The number of anilines is 1. The Morgan fingerprint density at radius 2 is 2.05 bits per heavy atom. The lowest BCUT2D eigenvalue weighted by atomic mass is 10.3. The van der Waals surface area contributed by atoms with Crippen LogP contribution in [-0.2, 0) is 0 Å². The van der Waals surface area contributed by atoms with Gasteiger partial charge >= 0.3 is 0 Å². The van der Waals surface area contributed by atoms with Crippen LogP contribution in [0.2, 0.25) is 0 Å². The SMILES string of the molecule is CC(C)Oc1cccnc1N1CCN(CCO)CC1. The fraction of sp³-hybridized carbons (Fsp3) is 0.643. The van der Waals surface area contributed by atoms with Crippen LogP contribution in [-0.4, -0.2) is 60.4 Å². The summed E-state index contributed by atoms with van der Waals surface area (Å²) in [6.45, 7) is 8.79. The van der Waals surface area contributed by atoms with Gasteiger partial charge in [0.1, 0.15) is 0 Å². The molecule has 1 saturated heterocycles. The molecule has 0 unspecified atom stereocenters. The highest BCUT2D eigenvalue weighted by Crippen LogP contribution is 2.26. The van der Waals surface area contributed by atoms with Crippen LogP contribution in [0.3, 0.4) is 0 Å². The van der Waals surface area contributed by atoms with Gasteiger partial charge in [-0.15, -0.1) is 0 Å². The summed E-state index contributed by atoms with van der Waals surface area (Å²) >= 11 is 0. The molecule has 106 valence electrons. The van der Waals surface area contributed by atoms with Crippen molar-refractivity contribution in [3.63, 3.8) is 0 Å². The molecule has 5 nitrogen and oxygen atoms in total. The molecular weight excluding hydrogens is 242 g/mol. The van der Waals surface area contributed by atoms with Crippen LogP contribution in [0.15, 0.2) is 18.3 Å². The molecule has 1 aliphatic rings. The first-order chi connectivity index (χ1) is 9.20. The molecule has 1 N–H and O–H groups in total. The van der Waals surface area contributed by atoms with E-state index in [9.17, 15) is 0 Å². The summed E-state index contributed by atoms with van der Waals surface area (Å²) in [6, 6.07) is 3.88. The van der Waals surface area contributed by atoms with Crippen molar-refractivity contribution in [2.45, 2.75) is 20.0 Å². The van der Waals surface area contributed by atoms with Crippen molar-refractivity contribution in [3.05, 3.63) is 18.3 Å². The maximum Gasteiger partial charge on any atom is 0.171 e. The molecule has 1 aliphatic heterocycles. The van der Waals surface area contributed by atoms with Crippen molar-refractivity contribution in [1.29, 1.82) is 0 Å². The first-order valence-corrected chi connectivity index (χ1v) is 6.90. The number of piperazine rings is 1. The standard InChI is InChI=1S/C14H23N3O2/c1-12(2)19-13-4-3-5-15-14(13)17-8-6-16(7-9-17)10-11-18/h3-5,12,18H,6-11H2,1-2H3. The Labute approximate surface area is 114 Å². The highest BCUT2D eigenvalue weighted by atomic mass is 16.5. The molecule has 0 aliphatic carbocycles. The van der Waals surface area contributed by atoms with E-state index in [1.807, 2.05) is 32.2 Å². The normalized spacial score (nSPS) is 16.9. The van der Waals surface area contributed by atoms with Gasteiger partial charge in [0.25, 0.3) is 0 Å². The largest absolute Gasteiger partial charge is 0.487 e.